The minimum atomic E-state index is -1.69. The third-order valence-corrected chi connectivity index (χ3v) is 4.55. The molecule has 5 heteroatoms. The zero-order valence-corrected chi connectivity index (χ0v) is 17.0. The highest BCUT2D eigenvalue weighted by Crippen LogP contribution is 2.29. The van der Waals surface area contributed by atoms with Crippen molar-refractivity contribution in [2.24, 2.45) is 11.3 Å². The molecule has 0 heterocycles. The fraction of sp³-hybridized carbons (Fsp3) is 0.500. The Morgan fingerprint density at radius 1 is 1.16 bits per heavy atom. The molecular formula is C20H29NO3Si. The molecule has 0 radical (unpaired) electrons. The SMILES string of the molecule is CC(C)(C)[C@H](C(=O)O)C(C#C[Si](C)(C)C)NC(=O)Cc1ccccc1. The van der Waals surface area contributed by atoms with Gasteiger partial charge in [-0.15, -0.1) is 5.54 Å². The van der Waals surface area contributed by atoms with Crippen LogP contribution in [0.15, 0.2) is 30.3 Å². The summed E-state index contributed by atoms with van der Waals surface area (Å²) in [5.41, 5.74) is 3.57. The van der Waals surface area contributed by atoms with Crippen molar-refractivity contribution in [2.45, 2.75) is 52.9 Å². The number of hydrogen-bond donors (Lipinski definition) is 2. The summed E-state index contributed by atoms with van der Waals surface area (Å²) in [5.74, 6) is 1.13. The molecule has 0 bridgehead atoms. The van der Waals surface area contributed by atoms with Crippen molar-refractivity contribution in [1.82, 2.24) is 5.32 Å². The number of carbonyl (C=O) groups excluding carboxylic acids is 1. The maximum atomic E-state index is 12.4. The highest BCUT2D eigenvalue weighted by molar-refractivity contribution is 6.83. The van der Waals surface area contributed by atoms with Crippen LogP contribution in [0.3, 0.4) is 0 Å². The predicted molar refractivity (Wildman–Crippen MR) is 104 cm³/mol. The van der Waals surface area contributed by atoms with Crippen molar-refractivity contribution >= 4 is 20.0 Å². The topological polar surface area (TPSA) is 66.4 Å². The lowest BCUT2D eigenvalue weighted by Crippen LogP contribution is -2.48. The van der Waals surface area contributed by atoms with E-state index in [-0.39, 0.29) is 12.3 Å². The van der Waals surface area contributed by atoms with Gasteiger partial charge < -0.3 is 10.4 Å². The molecule has 0 spiro atoms. The number of aliphatic carboxylic acids is 1. The van der Waals surface area contributed by atoms with Gasteiger partial charge in [-0.1, -0.05) is 76.7 Å². The van der Waals surface area contributed by atoms with E-state index in [9.17, 15) is 14.7 Å². The van der Waals surface area contributed by atoms with Gasteiger partial charge in [-0.25, -0.2) is 0 Å². The van der Waals surface area contributed by atoms with Gasteiger partial charge in [0.2, 0.25) is 5.91 Å². The molecule has 0 saturated carbocycles. The van der Waals surface area contributed by atoms with Crippen LogP contribution in [0.5, 0.6) is 0 Å². The number of carbonyl (C=O) groups is 2. The standard InChI is InChI=1S/C20H29NO3Si/c1-20(2,3)18(19(23)24)16(12-13-25(4,5)6)21-17(22)14-15-10-8-7-9-11-15/h7-11,16,18H,14H2,1-6H3,(H,21,22)(H,23,24)/t16?,18-/m0/s1. The summed E-state index contributed by atoms with van der Waals surface area (Å²) in [6, 6.07) is 8.69. The minimum Gasteiger partial charge on any atom is -0.481 e. The van der Waals surface area contributed by atoms with Crippen LogP contribution in [0, 0.1) is 22.8 Å². The van der Waals surface area contributed by atoms with Gasteiger partial charge in [0, 0.05) is 0 Å². The van der Waals surface area contributed by atoms with Gasteiger partial charge in [-0.05, 0) is 11.0 Å². The van der Waals surface area contributed by atoms with Crippen molar-refractivity contribution in [3.63, 3.8) is 0 Å². The number of amides is 1. The Hall–Kier alpha value is -2.06. The van der Waals surface area contributed by atoms with Crippen LogP contribution in [-0.2, 0) is 16.0 Å². The number of carboxylic acid groups (broad SMARTS) is 1. The summed E-state index contributed by atoms with van der Waals surface area (Å²) in [7, 11) is -1.69. The van der Waals surface area contributed by atoms with Gasteiger partial charge in [0.15, 0.2) is 0 Å². The van der Waals surface area contributed by atoms with Crippen molar-refractivity contribution in [1.29, 1.82) is 0 Å². The molecular weight excluding hydrogens is 330 g/mol. The lowest BCUT2D eigenvalue weighted by Gasteiger charge is -2.32. The van der Waals surface area contributed by atoms with Gasteiger partial charge in [0.05, 0.1) is 12.3 Å². The lowest BCUT2D eigenvalue weighted by molar-refractivity contribution is -0.146. The first-order chi connectivity index (χ1) is 11.4. The van der Waals surface area contributed by atoms with E-state index in [1.54, 1.807) is 0 Å². The maximum absolute atomic E-state index is 12.4. The first-order valence-corrected chi connectivity index (χ1v) is 12.0. The van der Waals surface area contributed by atoms with Crippen molar-refractivity contribution in [2.75, 3.05) is 0 Å². The Morgan fingerprint density at radius 2 is 1.72 bits per heavy atom. The number of hydrogen-bond acceptors (Lipinski definition) is 2. The quantitative estimate of drug-likeness (QED) is 0.626. The van der Waals surface area contributed by atoms with Crippen molar-refractivity contribution < 1.29 is 14.7 Å². The fourth-order valence-electron chi connectivity index (χ4n) is 2.52. The Bertz CT molecular complexity index is 660. The third kappa shape index (κ3) is 7.57. The smallest absolute Gasteiger partial charge is 0.310 e. The highest BCUT2D eigenvalue weighted by Gasteiger charge is 2.38. The zero-order chi connectivity index (χ0) is 19.3. The van der Waals surface area contributed by atoms with Crippen LogP contribution in [-0.4, -0.2) is 31.1 Å². The van der Waals surface area contributed by atoms with Gasteiger partial charge in [-0.3, -0.25) is 9.59 Å². The Kier molecular flexibility index (Phi) is 7.01. The molecule has 4 nitrogen and oxygen atoms in total. The fourth-order valence-corrected chi connectivity index (χ4v) is 3.10. The van der Waals surface area contributed by atoms with Crippen molar-refractivity contribution in [3.05, 3.63) is 35.9 Å². The molecule has 2 N–H and O–H groups in total. The van der Waals surface area contributed by atoms with Crippen LogP contribution in [0.2, 0.25) is 19.6 Å². The van der Waals surface area contributed by atoms with Crippen LogP contribution in [0.25, 0.3) is 0 Å². The largest absolute Gasteiger partial charge is 0.481 e. The van der Waals surface area contributed by atoms with Crippen LogP contribution in [0.4, 0.5) is 0 Å². The zero-order valence-electron chi connectivity index (χ0n) is 16.0. The molecule has 1 unspecified atom stereocenters. The van der Waals surface area contributed by atoms with Gasteiger partial charge in [0.25, 0.3) is 0 Å². The van der Waals surface area contributed by atoms with Crippen molar-refractivity contribution in [3.8, 4) is 11.5 Å². The molecule has 1 amide bonds. The highest BCUT2D eigenvalue weighted by atomic mass is 28.3. The molecule has 136 valence electrons. The summed E-state index contributed by atoms with van der Waals surface area (Å²) >= 11 is 0. The Morgan fingerprint density at radius 3 is 2.16 bits per heavy atom. The van der Waals surface area contributed by atoms with Gasteiger partial charge >= 0.3 is 5.97 Å². The Balaban J connectivity index is 3.07. The molecule has 1 aromatic rings. The average molecular weight is 360 g/mol. The molecule has 1 rings (SSSR count). The second-order valence-corrected chi connectivity index (χ2v) is 13.2. The molecule has 0 fully saturated rings. The lowest BCUT2D eigenvalue weighted by atomic mass is 9.76. The van der Waals surface area contributed by atoms with E-state index in [2.05, 4.69) is 36.4 Å². The second kappa shape index (κ2) is 8.35. The molecule has 0 saturated heterocycles. The van der Waals surface area contributed by atoms with Crippen LogP contribution < -0.4 is 5.32 Å². The summed E-state index contributed by atoms with van der Waals surface area (Å²) in [4.78, 5) is 24.3. The van der Waals surface area contributed by atoms with Crippen LogP contribution >= 0.6 is 0 Å². The summed E-state index contributed by atoms with van der Waals surface area (Å²) in [6.45, 7) is 11.9. The van der Waals surface area contributed by atoms with E-state index in [4.69, 9.17) is 0 Å². The van der Waals surface area contributed by atoms with E-state index >= 15 is 0 Å². The van der Waals surface area contributed by atoms with Gasteiger partial charge in [-0.2, -0.15) is 0 Å². The number of nitrogens with one attached hydrogen (secondary N) is 1. The maximum Gasteiger partial charge on any atom is 0.310 e. The van der Waals surface area contributed by atoms with Gasteiger partial charge in [0.1, 0.15) is 14.1 Å². The number of benzene rings is 1. The molecule has 0 aliphatic heterocycles. The summed E-state index contributed by atoms with van der Waals surface area (Å²) < 4.78 is 0. The molecule has 25 heavy (non-hydrogen) atoms. The predicted octanol–water partition coefficient (Wildman–Crippen LogP) is 3.34. The van der Waals surface area contributed by atoms with Crippen LogP contribution in [0.1, 0.15) is 26.3 Å². The number of carboxylic acids is 1. The Labute approximate surface area is 152 Å². The first kappa shape index (κ1) is 21.0. The molecule has 1 aromatic carbocycles. The second-order valence-electron chi connectivity index (χ2n) is 8.41. The molecule has 0 aliphatic rings. The molecule has 0 aliphatic carbocycles. The normalized spacial score (nSPS) is 14.0. The molecule has 2 atom stereocenters. The monoisotopic (exact) mass is 359 g/mol. The van der Waals surface area contributed by atoms with E-state index < -0.39 is 31.4 Å². The van der Waals surface area contributed by atoms with E-state index in [0.717, 1.165) is 5.56 Å². The minimum absolute atomic E-state index is 0.211. The molecule has 0 aromatic heterocycles. The third-order valence-electron chi connectivity index (χ3n) is 3.66. The number of rotatable bonds is 5. The first-order valence-electron chi connectivity index (χ1n) is 8.49. The summed E-state index contributed by atoms with van der Waals surface area (Å²) in [6.07, 6.45) is 0.211. The summed E-state index contributed by atoms with van der Waals surface area (Å²) in [5, 5.41) is 12.6. The van der Waals surface area contributed by atoms with E-state index in [0.29, 0.717) is 0 Å². The van der Waals surface area contributed by atoms with E-state index in [1.165, 1.54) is 0 Å². The average Bonchev–Trinajstić information content (AvgIpc) is 2.43. The van der Waals surface area contributed by atoms with E-state index in [1.807, 2.05) is 51.1 Å².